The van der Waals surface area contributed by atoms with Gasteiger partial charge < -0.3 is 10.1 Å². The number of nitrogens with one attached hydrogen (secondary N) is 1. The van der Waals surface area contributed by atoms with E-state index in [0.717, 1.165) is 17.9 Å². The van der Waals surface area contributed by atoms with Gasteiger partial charge in [-0.1, -0.05) is 0 Å². The number of carbonyl (C=O) groups is 1. The van der Waals surface area contributed by atoms with E-state index in [1.165, 1.54) is 7.11 Å². The number of thioether (sulfide) groups is 1. The number of ether oxygens (including phenoxy) is 1. The Hall–Kier alpha value is -0.220. The molecule has 1 saturated heterocycles. The highest BCUT2D eigenvalue weighted by Crippen LogP contribution is 2.23. The molecule has 70 valence electrons. The van der Waals surface area contributed by atoms with Crippen molar-refractivity contribution in [2.24, 2.45) is 5.92 Å². The molecule has 0 aromatic rings. The maximum atomic E-state index is 11.3. The molecule has 1 heterocycles. The molecule has 1 fully saturated rings. The largest absolute Gasteiger partial charge is 0.469 e. The van der Waals surface area contributed by atoms with Crippen LogP contribution in [0, 0.1) is 5.92 Å². The predicted molar refractivity (Wildman–Crippen MR) is 50.3 cm³/mol. The molecule has 12 heavy (non-hydrogen) atoms. The summed E-state index contributed by atoms with van der Waals surface area (Å²) in [6.07, 6.45) is 0.933. The first kappa shape index (κ1) is 9.86. The molecule has 2 unspecified atom stereocenters. The van der Waals surface area contributed by atoms with E-state index in [1.807, 2.05) is 18.8 Å². The van der Waals surface area contributed by atoms with Gasteiger partial charge >= 0.3 is 5.97 Å². The summed E-state index contributed by atoms with van der Waals surface area (Å²) in [7, 11) is 3.35. The second-order valence-corrected chi connectivity index (χ2v) is 4.04. The molecule has 4 heteroatoms. The Morgan fingerprint density at radius 2 is 2.42 bits per heavy atom. The number of carbonyl (C=O) groups excluding carboxylic acids is 1. The van der Waals surface area contributed by atoms with Crippen molar-refractivity contribution in [3.8, 4) is 0 Å². The highest BCUT2D eigenvalue weighted by atomic mass is 32.2. The van der Waals surface area contributed by atoms with Crippen molar-refractivity contribution in [1.29, 1.82) is 0 Å². The lowest BCUT2D eigenvalue weighted by atomic mass is 9.98. The van der Waals surface area contributed by atoms with Gasteiger partial charge in [0.2, 0.25) is 0 Å². The summed E-state index contributed by atoms with van der Waals surface area (Å²) in [6, 6.07) is 0.288. The summed E-state index contributed by atoms with van der Waals surface area (Å²) in [5.74, 6) is 2.06. The summed E-state index contributed by atoms with van der Waals surface area (Å²) in [6.45, 7) is 0. The van der Waals surface area contributed by atoms with E-state index in [0.29, 0.717) is 0 Å². The van der Waals surface area contributed by atoms with Crippen molar-refractivity contribution in [1.82, 2.24) is 5.32 Å². The van der Waals surface area contributed by atoms with Gasteiger partial charge in [-0.05, 0) is 19.2 Å². The molecule has 2 atom stereocenters. The van der Waals surface area contributed by atoms with Gasteiger partial charge in [-0.25, -0.2) is 0 Å². The zero-order valence-electron chi connectivity index (χ0n) is 7.50. The van der Waals surface area contributed by atoms with Gasteiger partial charge in [0.25, 0.3) is 0 Å². The lowest BCUT2D eigenvalue weighted by molar-refractivity contribution is -0.146. The Morgan fingerprint density at radius 1 is 1.67 bits per heavy atom. The molecular weight excluding hydrogens is 174 g/mol. The van der Waals surface area contributed by atoms with E-state index in [2.05, 4.69) is 5.32 Å². The Labute approximate surface area is 77.2 Å². The van der Waals surface area contributed by atoms with Crippen LogP contribution >= 0.6 is 11.8 Å². The van der Waals surface area contributed by atoms with E-state index in [1.54, 1.807) is 0 Å². The Bertz CT molecular complexity index is 163. The summed E-state index contributed by atoms with van der Waals surface area (Å²) < 4.78 is 4.73. The Morgan fingerprint density at radius 3 is 3.00 bits per heavy atom. The van der Waals surface area contributed by atoms with E-state index in [9.17, 15) is 4.79 Å². The van der Waals surface area contributed by atoms with Gasteiger partial charge in [0.05, 0.1) is 13.0 Å². The lowest BCUT2D eigenvalue weighted by Crippen LogP contribution is -2.43. The smallest absolute Gasteiger partial charge is 0.310 e. The molecule has 1 rings (SSSR count). The zero-order valence-corrected chi connectivity index (χ0v) is 8.32. The third-order valence-corrected chi connectivity index (χ3v) is 3.35. The minimum Gasteiger partial charge on any atom is -0.469 e. The topological polar surface area (TPSA) is 38.3 Å². The third kappa shape index (κ3) is 2.14. The van der Waals surface area contributed by atoms with Crippen LogP contribution in [0.1, 0.15) is 6.42 Å². The van der Waals surface area contributed by atoms with Crippen LogP contribution in [-0.4, -0.2) is 37.7 Å². The second-order valence-electron chi connectivity index (χ2n) is 2.89. The molecule has 0 aromatic carbocycles. The van der Waals surface area contributed by atoms with Crippen molar-refractivity contribution >= 4 is 17.7 Å². The van der Waals surface area contributed by atoms with Crippen molar-refractivity contribution in [3.05, 3.63) is 0 Å². The van der Waals surface area contributed by atoms with Gasteiger partial charge in [0.15, 0.2) is 0 Å². The van der Waals surface area contributed by atoms with E-state index in [4.69, 9.17) is 4.74 Å². The lowest BCUT2D eigenvalue weighted by Gasteiger charge is -2.28. The van der Waals surface area contributed by atoms with Crippen molar-refractivity contribution in [2.75, 3.05) is 25.7 Å². The zero-order chi connectivity index (χ0) is 8.97. The summed E-state index contributed by atoms with van der Waals surface area (Å²) in [4.78, 5) is 11.3. The van der Waals surface area contributed by atoms with Crippen LogP contribution in [0.2, 0.25) is 0 Å². The first-order valence-corrected chi connectivity index (χ1v) is 5.28. The molecule has 0 saturated carbocycles. The number of methoxy groups -OCH3 is 1. The van der Waals surface area contributed by atoms with E-state index < -0.39 is 0 Å². The molecule has 0 radical (unpaired) electrons. The molecule has 1 N–H and O–H groups in total. The van der Waals surface area contributed by atoms with Crippen LogP contribution in [0.3, 0.4) is 0 Å². The number of hydrogen-bond acceptors (Lipinski definition) is 4. The minimum atomic E-state index is -0.0744. The first-order valence-electron chi connectivity index (χ1n) is 4.12. The fourth-order valence-electron chi connectivity index (χ4n) is 1.46. The highest BCUT2D eigenvalue weighted by Gasteiger charge is 2.30. The van der Waals surface area contributed by atoms with Crippen LogP contribution in [0.15, 0.2) is 0 Å². The van der Waals surface area contributed by atoms with Crippen LogP contribution in [0.5, 0.6) is 0 Å². The van der Waals surface area contributed by atoms with Gasteiger partial charge in [0.1, 0.15) is 0 Å². The normalized spacial score (nSPS) is 29.8. The van der Waals surface area contributed by atoms with Crippen molar-refractivity contribution in [3.63, 3.8) is 0 Å². The van der Waals surface area contributed by atoms with Crippen LogP contribution in [0.25, 0.3) is 0 Å². The second kappa shape index (κ2) is 4.72. The number of esters is 1. The van der Waals surface area contributed by atoms with Gasteiger partial charge in [0, 0.05) is 11.8 Å². The van der Waals surface area contributed by atoms with Crippen molar-refractivity contribution in [2.45, 2.75) is 12.5 Å². The molecule has 3 nitrogen and oxygen atoms in total. The maximum Gasteiger partial charge on any atom is 0.310 e. The monoisotopic (exact) mass is 189 g/mol. The minimum absolute atomic E-state index is 0.0567. The van der Waals surface area contributed by atoms with E-state index in [-0.39, 0.29) is 17.9 Å². The third-order valence-electron chi connectivity index (χ3n) is 2.23. The van der Waals surface area contributed by atoms with Crippen molar-refractivity contribution < 1.29 is 9.53 Å². The molecular formula is C8H15NO2S. The highest BCUT2D eigenvalue weighted by molar-refractivity contribution is 7.99. The summed E-state index contributed by atoms with van der Waals surface area (Å²) >= 11 is 1.89. The fraction of sp³-hybridized carbons (Fsp3) is 0.875. The molecule has 0 amide bonds. The molecule has 0 aromatic heterocycles. The Kier molecular flexibility index (Phi) is 3.88. The molecule has 1 aliphatic rings. The quantitative estimate of drug-likeness (QED) is 0.642. The maximum absolute atomic E-state index is 11.3. The van der Waals surface area contributed by atoms with Crippen LogP contribution in [-0.2, 0) is 9.53 Å². The average molecular weight is 189 g/mol. The Balaban J connectivity index is 2.52. The van der Waals surface area contributed by atoms with Gasteiger partial charge in [-0.3, -0.25) is 4.79 Å². The SMILES string of the molecule is CNC1CSCCC1C(=O)OC. The average Bonchev–Trinajstić information content (AvgIpc) is 2.16. The molecule has 0 bridgehead atoms. The number of rotatable bonds is 2. The number of hydrogen-bond donors (Lipinski definition) is 1. The van der Waals surface area contributed by atoms with E-state index >= 15 is 0 Å². The van der Waals surface area contributed by atoms with Gasteiger partial charge in [-0.2, -0.15) is 11.8 Å². The fourth-order valence-corrected chi connectivity index (χ4v) is 2.70. The standard InChI is InChI=1S/C8H15NO2S/c1-9-7-5-12-4-3-6(7)8(10)11-2/h6-7,9H,3-5H2,1-2H3. The van der Waals surface area contributed by atoms with Crippen LogP contribution in [0.4, 0.5) is 0 Å². The van der Waals surface area contributed by atoms with Gasteiger partial charge in [-0.15, -0.1) is 0 Å². The molecule has 1 aliphatic heterocycles. The first-order chi connectivity index (χ1) is 5.79. The predicted octanol–water partition coefficient (Wildman–Crippen LogP) is 0.500. The molecule has 0 aliphatic carbocycles. The summed E-state index contributed by atoms with van der Waals surface area (Å²) in [5, 5.41) is 3.15. The summed E-state index contributed by atoms with van der Waals surface area (Å²) in [5.41, 5.74) is 0. The molecule has 0 spiro atoms. The van der Waals surface area contributed by atoms with Crippen LogP contribution < -0.4 is 5.32 Å².